The van der Waals surface area contributed by atoms with Crippen LogP contribution in [0.2, 0.25) is 0 Å². The van der Waals surface area contributed by atoms with Crippen LogP contribution in [0.4, 0.5) is 22.7 Å². The molecule has 4 aromatic carbocycles. The van der Waals surface area contributed by atoms with Gasteiger partial charge < -0.3 is 11.5 Å². The van der Waals surface area contributed by atoms with E-state index in [1.165, 1.54) is 12.1 Å². The predicted octanol–water partition coefficient (Wildman–Crippen LogP) is 6.22. The van der Waals surface area contributed by atoms with E-state index < -0.39 is 9.85 Å². The van der Waals surface area contributed by atoms with E-state index in [0.717, 1.165) is 16.0 Å². The molecule has 42 heavy (non-hydrogen) atoms. The maximum atomic E-state index is 11.7. The number of anilines is 2. The summed E-state index contributed by atoms with van der Waals surface area (Å²) in [5.41, 5.74) is 17.5. The van der Waals surface area contributed by atoms with Gasteiger partial charge in [-0.2, -0.15) is 0 Å². The molecular formula is C32H26N4O4S2. The summed E-state index contributed by atoms with van der Waals surface area (Å²) in [4.78, 5) is 23.5. The van der Waals surface area contributed by atoms with Crippen LogP contribution >= 0.6 is 25.3 Å². The van der Waals surface area contributed by atoms with Crippen LogP contribution in [0.1, 0.15) is 33.4 Å². The minimum Gasteiger partial charge on any atom is -0.398 e. The van der Waals surface area contributed by atoms with Crippen molar-refractivity contribution in [2.45, 2.75) is 35.5 Å². The van der Waals surface area contributed by atoms with Crippen LogP contribution in [-0.4, -0.2) is 9.85 Å². The van der Waals surface area contributed by atoms with Crippen molar-refractivity contribution in [3.05, 3.63) is 126 Å². The number of nitrogen functional groups attached to an aromatic ring is 2. The van der Waals surface area contributed by atoms with Crippen LogP contribution < -0.4 is 11.5 Å². The molecule has 10 heteroatoms. The van der Waals surface area contributed by atoms with E-state index in [2.05, 4.69) is 48.9 Å². The van der Waals surface area contributed by atoms with Crippen molar-refractivity contribution >= 4 is 48.0 Å². The molecule has 0 heterocycles. The highest BCUT2D eigenvalue weighted by molar-refractivity contribution is 7.80. The number of rotatable bonds is 8. The first kappa shape index (κ1) is 30.1. The summed E-state index contributed by atoms with van der Waals surface area (Å²) in [6.07, 6.45) is 1.99. The maximum Gasteiger partial charge on any atom is 0.273 e. The highest BCUT2D eigenvalue weighted by atomic mass is 32.1. The SMILES string of the molecule is Nc1cc(C#CC#Cc2ccc(CCc3ccc(S)cc3N)c([N+](=O)[O-])c2)ccc1CCc1ccc(S)cc1[N+](=O)[O-]. The molecule has 0 aromatic heterocycles. The first-order valence-corrected chi connectivity index (χ1v) is 13.7. The number of benzene rings is 4. The Labute approximate surface area is 254 Å². The zero-order valence-electron chi connectivity index (χ0n) is 22.3. The Morgan fingerprint density at radius 2 is 0.976 bits per heavy atom. The molecule has 4 rings (SSSR count). The first-order valence-electron chi connectivity index (χ1n) is 12.8. The summed E-state index contributed by atoms with van der Waals surface area (Å²) in [5.74, 6) is 11.3. The molecule has 0 aliphatic heterocycles. The van der Waals surface area contributed by atoms with Crippen LogP contribution in [0, 0.1) is 43.9 Å². The van der Waals surface area contributed by atoms with Crippen molar-refractivity contribution in [1.29, 1.82) is 0 Å². The molecule has 0 amide bonds. The van der Waals surface area contributed by atoms with E-state index in [-0.39, 0.29) is 11.4 Å². The molecule has 210 valence electrons. The van der Waals surface area contributed by atoms with Crippen molar-refractivity contribution in [2.75, 3.05) is 11.5 Å². The van der Waals surface area contributed by atoms with Gasteiger partial charge in [0.15, 0.2) is 0 Å². The second-order valence-electron chi connectivity index (χ2n) is 9.47. The second-order valence-corrected chi connectivity index (χ2v) is 10.5. The summed E-state index contributed by atoms with van der Waals surface area (Å²) >= 11 is 8.45. The molecule has 0 unspecified atom stereocenters. The maximum absolute atomic E-state index is 11.7. The number of hydrogen-bond donors (Lipinski definition) is 4. The van der Waals surface area contributed by atoms with Gasteiger partial charge in [-0.25, -0.2) is 0 Å². The lowest BCUT2D eigenvalue weighted by molar-refractivity contribution is -0.385. The van der Waals surface area contributed by atoms with Gasteiger partial charge in [0.1, 0.15) is 0 Å². The molecule has 0 spiro atoms. The fourth-order valence-electron chi connectivity index (χ4n) is 4.41. The fourth-order valence-corrected chi connectivity index (χ4v) is 4.82. The molecular weight excluding hydrogens is 569 g/mol. The van der Waals surface area contributed by atoms with E-state index in [4.69, 9.17) is 11.5 Å². The smallest absolute Gasteiger partial charge is 0.273 e. The van der Waals surface area contributed by atoms with Gasteiger partial charge in [-0.05, 0) is 85.0 Å². The number of nitro groups is 2. The Kier molecular flexibility index (Phi) is 9.77. The number of nitrogens with zero attached hydrogens (tertiary/aromatic N) is 2. The van der Waals surface area contributed by atoms with E-state index >= 15 is 0 Å². The molecule has 0 atom stereocenters. The van der Waals surface area contributed by atoms with E-state index in [1.54, 1.807) is 36.4 Å². The average molecular weight is 595 g/mol. The Morgan fingerprint density at radius 1 is 0.571 bits per heavy atom. The van der Waals surface area contributed by atoms with Gasteiger partial charge in [0.25, 0.3) is 11.4 Å². The minimum absolute atomic E-state index is 0.00518. The fraction of sp³-hybridized carbons (Fsp3) is 0.125. The van der Waals surface area contributed by atoms with Crippen molar-refractivity contribution in [2.24, 2.45) is 0 Å². The first-order chi connectivity index (χ1) is 20.1. The molecule has 0 bridgehead atoms. The highest BCUT2D eigenvalue weighted by Gasteiger charge is 2.16. The number of thiol groups is 2. The third-order valence-electron chi connectivity index (χ3n) is 6.63. The van der Waals surface area contributed by atoms with Crippen LogP contribution in [-0.2, 0) is 25.7 Å². The number of aryl methyl sites for hydroxylation is 4. The zero-order chi connectivity index (χ0) is 30.2. The van der Waals surface area contributed by atoms with E-state index in [1.807, 2.05) is 24.3 Å². The van der Waals surface area contributed by atoms with Gasteiger partial charge in [-0.15, -0.1) is 25.3 Å². The number of hydrogen-bond acceptors (Lipinski definition) is 8. The third-order valence-corrected chi connectivity index (χ3v) is 7.18. The van der Waals surface area contributed by atoms with E-state index in [9.17, 15) is 20.2 Å². The van der Waals surface area contributed by atoms with Crippen LogP contribution in [0.5, 0.6) is 0 Å². The van der Waals surface area contributed by atoms with Gasteiger partial charge in [-0.3, -0.25) is 20.2 Å². The van der Waals surface area contributed by atoms with Crippen LogP contribution in [0.3, 0.4) is 0 Å². The average Bonchev–Trinajstić information content (AvgIpc) is 2.95. The molecule has 0 saturated carbocycles. The molecule has 0 aliphatic rings. The third kappa shape index (κ3) is 7.85. The van der Waals surface area contributed by atoms with Crippen LogP contribution in [0.15, 0.2) is 82.6 Å². The summed E-state index contributed by atoms with van der Waals surface area (Å²) in [6.45, 7) is 0. The van der Waals surface area contributed by atoms with Gasteiger partial charge >= 0.3 is 0 Å². The monoisotopic (exact) mass is 594 g/mol. The molecule has 0 saturated heterocycles. The lowest BCUT2D eigenvalue weighted by Gasteiger charge is -2.07. The Morgan fingerprint density at radius 3 is 1.50 bits per heavy atom. The molecule has 0 radical (unpaired) electrons. The highest BCUT2D eigenvalue weighted by Crippen LogP contribution is 2.26. The van der Waals surface area contributed by atoms with E-state index in [0.29, 0.717) is 64.2 Å². The summed E-state index contributed by atoms with van der Waals surface area (Å²) in [6, 6.07) is 20.6. The quantitative estimate of drug-likeness (QED) is 0.0628. The Bertz CT molecular complexity index is 1820. The van der Waals surface area contributed by atoms with Gasteiger partial charge in [-0.1, -0.05) is 36.1 Å². The van der Waals surface area contributed by atoms with Crippen molar-refractivity contribution in [1.82, 2.24) is 0 Å². The van der Waals surface area contributed by atoms with Crippen molar-refractivity contribution in [3.8, 4) is 23.7 Å². The summed E-state index contributed by atoms with van der Waals surface area (Å²) in [5, 5.41) is 23.1. The largest absolute Gasteiger partial charge is 0.398 e. The van der Waals surface area contributed by atoms with Crippen molar-refractivity contribution < 1.29 is 9.85 Å². The normalized spacial score (nSPS) is 10.2. The second kappa shape index (κ2) is 13.6. The van der Waals surface area contributed by atoms with Crippen LogP contribution in [0.25, 0.3) is 0 Å². The molecule has 4 aromatic rings. The lowest BCUT2D eigenvalue weighted by atomic mass is 10.0. The Hall–Kier alpha value is -4.90. The van der Waals surface area contributed by atoms with Gasteiger partial charge in [0, 0.05) is 55.6 Å². The van der Waals surface area contributed by atoms with Gasteiger partial charge in [0.2, 0.25) is 0 Å². The molecule has 0 fully saturated rings. The Balaban J connectivity index is 1.42. The summed E-state index contributed by atoms with van der Waals surface area (Å²) < 4.78 is 0. The number of nitrogens with two attached hydrogens (primary N) is 2. The van der Waals surface area contributed by atoms with Crippen molar-refractivity contribution in [3.63, 3.8) is 0 Å². The lowest BCUT2D eigenvalue weighted by Crippen LogP contribution is -2.01. The summed E-state index contributed by atoms with van der Waals surface area (Å²) in [7, 11) is 0. The minimum atomic E-state index is -0.412. The van der Waals surface area contributed by atoms with Gasteiger partial charge in [0.05, 0.1) is 9.85 Å². The molecule has 8 nitrogen and oxygen atoms in total. The predicted molar refractivity (Wildman–Crippen MR) is 171 cm³/mol. The zero-order valence-corrected chi connectivity index (χ0v) is 24.1. The molecule has 0 aliphatic carbocycles. The standard InChI is InChI=1S/C32H26N4O4S2/c33-29-17-21(5-7-23(29)9-12-26-14-16-28(42)20-32(26)36(39)40)3-1-2-4-22-6-8-25(31(18-22)35(37)38)11-10-24-13-15-27(41)19-30(24)34/h5-8,13-20,41-42H,9-12,33-34H2. The number of nitro benzene ring substituents is 2. The molecule has 4 N–H and O–H groups in total. The topological polar surface area (TPSA) is 138 Å².